The van der Waals surface area contributed by atoms with Crippen LogP contribution < -0.4 is 0 Å². The van der Waals surface area contributed by atoms with Crippen molar-refractivity contribution in [2.24, 2.45) is 0 Å². The molecule has 0 saturated carbocycles. The lowest BCUT2D eigenvalue weighted by molar-refractivity contribution is 0.564. The van der Waals surface area contributed by atoms with Crippen LogP contribution in [0.2, 0.25) is 0 Å². The van der Waals surface area contributed by atoms with Gasteiger partial charge in [-0.1, -0.05) is 0 Å². The maximum atomic E-state index is 10.3. The van der Waals surface area contributed by atoms with Crippen LogP contribution in [0.5, 0.6) is 0 Å². The van der Waals surface area contributed by atoms with Gasteiger partial charge in [0.1, 0.15) is 0 Å². The second kappa shape index (κ2) is 2.70. The van der Waals surface area contributed by atoms with Gasteiger partial charge in [0.2, 0.25) is 0 Å². The van der Waals surface area contributed by atoms with E-state index in [1.807, 2.05) is 0 Å². The van der Waals surface area contributed by atoms with Crippen LogP contribution >= 0.6 is 0 Å². The molecule has 0 aromatic carbocycles. The second-order valence-electron chi connectivity index (χ2n) is 1.43. The van der Waals surface area contributed by atoms with E-state index < -0.39 is 11.1 Å². The highest BCUT2D eigenvalue weighted by molar-refractivity contribution is 7.79. The lowest BCUT2D eigenvalue weighted by atomic mass is 10.5. The molecule has 0 aliphatic heterocycles. The SMILES string of the molecule is O=S(O)c1ccncc1. The zero-order chi connectivity index (χ0) is 6.69. The summed E-state index contributed by atoms with van der Waals surface area (Å²) in [6, 6.07) is 2.99. The molecule has 48 valence electrons. The Morgan fingerprint density at radius 2 is 2.00 bits per heavy atom. The van der Waals surface area contributed by atoms with Gasteiger partial charge in [0, 0.05) is 12.4 Å². The number of nitrogens with zero attached hydrogens (tertiary/aromatic N) is 1. The van der Waals surface area contributed by atoms with E-state index in [2.05, 4.69) is 4.98 Å². The maximum Gasteiger partial charge on any atom is 0.186 e. The number of hydrogen-bond acceptors (Lipinski definition) is 2. The standard InChI is InChI=1S/C5H5NO2S/c7-9(8)5-1-3-6-4-2-5/h1-4H,(H,7,8). The molecule has 1 unspecified atom stereocenters. The fourth-order valence-electron chi connectivity index (χ4n) is 0.455. The molecule has 0 radical (unpaired) electrons. The summed E-state index contributed by atoms with van der Waals surface area (Å²) >= 11 is -1.87. The summed E-state index contributed by atoms with van der Waals surface area (Å²) in [5, 5.41) is 0. The molecule has 0 aliphatic carbocycles. The number of hydrogen-bond donors (Lipinski definition) is 1. The highest BCUT2D eigenvalue weighted by Crippen LogP contribution is 1.98. The zero-order valence-corrected chi connectivity index (χ0v) is 5.34. The van der Waals surface area contributed by atoms with Crippen LogP contribution in [0.4, 0.5) is 0 Å². The lowest BCUT2D eigenvalue weighted by Crippen LogP contribution is -1.86. The monoisotopic (exact) mass is 143 g/mol. The Balaban J connectivity index is 2.98. The van der Waals surface area contributed by atoms with Gasteiger partial charge in [-0.2, -0.15) is 0 Å². The van der Waals surface area contributed by atoms with Gasteiger partial charge < -0.3 is 4.55 Å². The lowest BCUT2D eigenvalue weighted by Gasteiger charge is -1.88. The third-order valence-corrected chi connectivity index (χ3v) is 1.53. The molecular formula is C5H5NO2S. The minimum atomic E-state index is -1.87. The van der Waals surface area contributed by atoms with Gasteiger partial charge >= 0.3 is 0 Å². The topological polar surface area (TPSA) is 50.2 Å². The molecule has 0 aliphatic rings. The summed E-state index contributed by atoms with van der Waals surface area (Å²) in [6.45, 7) is 0. The van der Waals surface area contributed by atoms with Crippen molar-refractivity contribution in [3.05, 3.63) is 24.5 Å². The molecule has 1 aromatic rings. The quantitative estimate of drug-likeness (QED) is 0.587. The molecule has 4 heteroatoms. The van der Waals surface area contributed by atoms with E-state index in [1.54, 1.807) is 0 Å². The molecule has 0 fully saturated rings. The van der Waals surface area contributed by atoms with Crippen LogP contribution in [0.1, 0.15) is 0 Å². The van der Waals surface area contributed by atoms with E-state index in [0.717, 1.165) is 0 Å². The molecule has 1 rings (SSSR count). The van der Waals surface area contributed by atoms with Gasteiger partial charge in [0.15, 0.2) is 11.1 Å². The first-order chi connectivity index (χ1) is 4.30. The molecule has 3 nitrogen and oxygen atoms in total. The van der Waals surface area contributed by atoms with Gasteiger partial charge in [-0.25, -0.2) is 4.21 Å². The number of aromatic nitrogens is 1. The van der Waals surface area contributed by atoms with E-state index in [1.165, 1.54) is 24.5 Å². The van der Waals surface area contributed by atoms with Crippen molar-refractivity contribution in [3.63, 3.8) is 0 Å². The van der Waals surface area contributed by atoms with Crippen LogP contribution in [0.15, 0.2) is 29.4 Å². The smallest absolute Gasteiger partial charge is 0.186 e. The third kappa shape index (κ3) is 1.58. The average molecular weight is 143 g/mol. The molecule has 1 aromatic heterocycles. The van der Waals surface area contributed by atoms with Crippen molar-refractivity contribution in [1.29, 1.82) is 0 Å². The normalized spacial score (nSPS) is 13.0. The molecule has 0 bridgehead atoms. The molecule has 0 amide bonds. The van der Waals surface area contributed by atoms with Gasteiger partial charge in [0.25, 0.3) is 0 Å². The number of pyridine rings is 1. The molecule has 1 N–H and O–H groups in total. The highest BCUT2D eigenvalue weighted by Gasteiger charge is 1.94. The van der Waals surface area contributed by atoms with Gasteiger partial charge in [0.05, 0.1) is 4.90 Å². The summed E-state index contributed by atoms with van der Waals surface area (Å²) < 4.78 is 18.8. The van der Waals surface area contributed by atoms with Gasteiger partial charge in [-0.3, -0.25) is 4.98 Å². The summed E-state index contributed by atoms with van der Waals surface area (Å²) in [4.78, 5) is 4.06. The van der Waals surface area contributed by atoms with E-state index in [-0.39, 0.29) is 0 Å². The number of rotatable bonds is 1. The predicted molar refractivity (Wildman–Crippen MR) is 33.3 cm³/mol. The molecule has 0 spiro atoms. The van der Waals surface area contributed by atoms with E-state index >= 15 is 0 Å². The Bertz CT molecular complexity index is 211. The van der Waals surface area contributed by atoms with Crippen LogP contribution in [-0.4, -0.2) is 13.7 Å². The third-order valence-electron chi connectivity index (χ3n) is 0.851. The minimum Gasteiger partial charge on any atom is -0.302 e. The van der Waals surface area contributed by atoms with Crippen molar-refractivity contribution >= 4 is 11.1 Å². The fraction of sp³-hybridized carbons (Fsp3) is 0. The Morgan fingerprint density at radius 3 is 2.33 bits per heavy atom. The summed E-state index contributed by atoms with van der Waals surface area (Å²) in [5.41, 5.74) is 0. The van der Waals surface area contributed by atoms with Crippen LogP contribution in [0, 0.1) is 0 Å². The fourth-order valence-corrected chi connectivity index (χ4v) is 0.809. The van der Waals surface area contributed by atoms with Crippen LogP contribution in [-0.2, 0) is 11.1 Å². The Hall–Kier alpha value is -0.740. The van der Waals surface area contributed by atoms with Crippen molar-refractivity contribution in [2.75, 3.05) is 0 Å². The van der Waals surface area contributed by atoms with Crippen LogP contribution in [0.25, 0.3) is 0 Å². The summed E-state index contributed by atoms with van der Waals surface area (Å²) in [6.07, 6.45) is 2.95. The Morgan fingerprint density at radius 1 is 1.44 bits per heavy atom. The maximum absolute atomic E-state index is 10.3. The molecule has 1 heterocycles. The largest absolute Gasteiger partial charge is 0.302 e. The van der Waals surface area contributed by atoms with Crippen molar-refractivity contribution in [1.82, 2.24) is 4.98 Å². The first kappa shape index (κ1) is 6.38. The molecule has 0 saturated heterocycles. The molecular weight excluding hydrogens is 138 g/mol. The van der Waals surface area contributed by atoms with Crippen molar-refractivity contribution < 1.29 is 8.76 Å². The van der Waals surface area contributed by atoms with Gasteiger partial charge in [-0.15, -0.1) is 0 Å². The molecule has 1 atom stereocenters. The second-order valence-corrected chi connectivity index (χ2v) is 2.40. The molecule has 9 heavy (non-hydrogen) atoms. The first-order valence-electron chi connectivity index (χ1n) is 2.31. The Kier molecular flexibility index (Phi) is 1.92. The zero-order valence-electron chi connectivity index (χ0n) is 4.52. The summed E-state index contributed by atoms with van der Waals surface area (Å²) in [7, 11) is 0. The minimum absolute atomic E-state index is 0.380. The summed E-state index contributed by atoms with van der Waals surface area (Å²) in [5.74, 6) is 0. The van der Waals surface area contributed by atoms with Crippen molar-refractivity contribution in [2.45, 2.75) is 4.90 Å². The highest BCUT2D eigenvalue weighted by atomic mass is 32.2. The van der Waals surface area contributed by atoms with E-state index in [0.29, 0.717) is 4.90 Å². The van der Waals surface area contributed by atoms with E-state index in [9.17, 15) is 4.21 Å². The van der Waals surface area contributed by atoms with E-state index in [4.69, 9.17) is 4.55 Å². The van der Waals surface area contributed by atoms with Gasteiger partial charge in [-0.05, 0) is 12.1 Å². The average Bonchev–Trinajstić information content (AvgIpc) is 1.90. The Labute approximate surface area is 55.0 Å². The predicted octanol–water partition coefficient (Wildman–Crippen LogP) is 0.662. The van der Waals surface area contributed by atoms with Crippen LogP contribution in [0.3, 0.4) is 0 Å². The first-order valence-corrected chi connectivity index (χ1v) is 3.42. The van der Waals surface area contributed by atoms with Crippen molar-refractivity contribution in [3.8, 4) is 0 Å².